The Kier molecular flexibility index (Phi) is 2.64. The third-order valence-electron chi connectivity index (χ3n) is 4.88. The Bertz CT molecular complexity index is 385. The molecular weight excluding hydrogens is 216 g/mol. The van der Waals surface area contributed by atoms with Gasteiger partial charge in [-0.2, -0.15) is 0 Å². The van der Waals surface area contributed by atoms with E-state index in [2.05, 4.69) is 0 Å². The molecule has 0 saturated heterocycles. The molecule has 0 aromatic carbocycles. The lowest BCUT2D eigenvalue weighted by molar-refractivity contribution is -0.148. The molecule has 0 amide bonds. The molecule has 0 heterocycles. The van der Waals surface area contributed by atoms with Crippen LogP contribution < -0.4 is 0 Å². The van der Waals surface area contributed by atoms with Crippen molar-refractivity contribution in [3.05, 3.63) is 0 Å². The van der Waals surface area contributed by atoms with Crippen molar-refractivity contribution >= 4 is 17.3 Å². The van der Waals surface area contributed by atoms with E-state index in [1.54, 1.807) is 0 Å². The molecule has 0 aromatic heterocycles. The third kappa shape index (κ3) is 1.67. The Labute approximate surface area is 101 Å². The number of hydrogen-bond donors (Lipinski definition) is 0. The van der Waals surface area contributed by atoms with E-state index in [1.807, 2.05) is 0 Å². The molecule has 3 nitrogen and oxygen atoms in total. The van der Waals surface area contributed by atoms with E-state index in [9.17, 15) is 14.4 Å². The first-order valence-electron chi connectivity index (χ1n) is 6.76. The van der Waals surface area contributed by atoms with E-state index >= 15 is 0 Å². The second-order valence-corrected chi connectivity index (χ2v) is 5.81. The van der Waals surface area contributed by atoms with E-state index < -0.39 is 5.92 Å². The maximum absolute atomic E-state index is 12.1. The molecule has 3 heteroatoms. The summed E-state index contributed by atoms with van der Waals surface area (Å²) in [4.78, 5) is 36.0. The van der Waals surface area contributed by atoms with Crippen molar-refractivity contribution in [2.75, 3.05) is 0 Å². The molecule has 17 heavy (non-hydrogen) atoms. The molecule has 3 aliphatic carbocycles. The van der Waals surface area contributed by atoms with Gasteiger partial charge in [-0.1, -0.05) is 0 Å². The van der Waals surface area contributed by atoms with Crippen LogP contribution in [0.15, 0.2) is 0 Å². The first-order chi connectivity index (χ1) is 8.18. The number of Topliss-reactive ketones (excluding diaryl/α,β-unsaturated/α-hetero) is 3. The summed E-state index contributed by atoms with van der Waals surface area (Å²) in [6.45, 7) is 0. The van der Waals surface area contributed by atoms with Gasteiger partial charge in [-0.05, 0) is 37.5 Å². The lowest BCUT2D eigenvalue weighted by Crippen LogP contribution is -2.50. The summed E-state index contributed by atoms with van der Waals surface area (Å²) < 4.78 is 0. The molecule has 0 aromatic rings. The average Bonchev–Trinajstić information content (AvgIpc) is 2.28. The number of fused-ring (bicyclic) bond motifs is 3. The number of hydrogen-bond acceptors (Lipinski definition) is 3. The van der Waals surface area contributed by atoms with Crippen molar-refractivity contribution < 1.29 is 14.4 Å². The Hall–Kier alpha value is -0.990. The largest absolute Gasteiger partial charge is 0.299 e. The normalized spacial score (nSPS) is 42.0. The van der Waals surface area contributed by atoms with Crippen molar-refractivity contribution in [2.24, 2.45) is 23.7 Å². The molecular formula is C14H18O3. The minimum Gasteiger partial charge on any atom is -0.299 e. The van der Waals surface area contributed by atoms with Crippen LogP contribution in [-0.4, -0.2) is 17.3 Å². The summed E-state index contributed by atoms with van der Waals surface area (Å²) in [5.74, 6) is 0.436. The van der Waals surface area contributed by atoms with Crippen LogP contribution in [0.1, 0.15) is 44.9 Å². The van der Waals surface area contributed by atoms with Gasteiger partial charge in [0.15, 0.2) is 0 Å². The fourth-order valence-electron chi connectivity index (χ4n) is 4.23. The molecule has 4 unspecified atom stereocenters. The van der Waals surface area contributed by atoms with Gasteiger partial charge in [0.25, 0.3) is 0 Å². The van der Waals surface area contributed by atoms with E-state index in [0.717, 1.165) is 25.7 Å². The van der Waals surface area contributed by atoms with Crippen molar-refractivity contribution in [3.63, 3.8) is 0 Å². The van der Waals surface area contributed by atoms with Crippen LogP contribution in [-0.2, 0) is 14.4 Å². The quantitative estimate of drug-likeness (QED) is 0.602. The molecule has 0 spiro atoms. The van der Waals surface area contributed by atoms with Gasteiger partial charge in [0.2, 0.25) is 0 Å². The van der Waals surface area contributed by atoms with Crippen LogP contribution in [0, 0.1) is 23.7 Å². The first kappa shape index (κ1) is 11.1. The lowest BCUT2D eigenvalue weighted by atomic mass is 9.57. The molecule has 0 radical (unpaired) electrons. The van der Waals surface area contributed by atoms with Gasteiger partial charge >= 0.3 is 0 Å². The summed E-state index contributed by atoms with van der Waals surface area (Å²) in [5.41, 5.74) is 0. The summed E-state index contributed by atoms with van der Waals surface area (Å²) in [7, 11) is 0. The summed E-state index contributed by atoms with van der Waals surface area (Å²) >= 11 is 0. The minimum atomic E-state index is -0.424. The molecule has 92 valence electrons. The van der Waals surface area contributed by atoms with Crippen LogP contribution in [0.3, 0.4) is 0 Å². The highest BCUT2D eigenvalue weighted by Crippen LogP contribution is 2.47. The van der Waals surface area contributed by atoms with Gasteiger partial charge < -0.3 is 0 Å². The molecule has 4 atom stereocenters. The Morgan fingerprint density at radius 2 is 1.53 bits per heavy atom. The van der Waals surface area contributed by atoms with Gasteiger partial charge in [0.05, 0.1) is 5.92 Å². The molecule has 0 aliphatic heterocycles. The second kappa shape index (κ2) is 4.04. The standard InChI is InChI=1S/C14H18O3/c15-10-5-1-3-8-7-12(17)14-9(13(8)10)4-2-6-11(14)16/h8-9,13-14H,1-7H2. The second-order valence-electron chi connectivity index (χ2n) is 5.81. The van der Waals surface area contributed by atoms with Crippen LogP contribution in [0.25, 0.3) is 0 Å². The lowest BCUT2D eigenvalue weighted by Gasteiger charge is -2.45. The highest BCUT2D eigenvalue weighted by atomic mass is 16.2. The number of rotatable bonds is 0. The molecule has 0 bridgehead atoms. The number of carbonyl (C=O) groups is 3. The average molecular weight is 234 g/mol. The number of carbonyl (C=O) groups excluding carboxylic acids is 3. The van der Waals surface area contributed by atoms with E-state index in [4.69, 9.17) is 0 Å². The summed E-state index contributed by atoms with van der Waals surface area (Å²) in [6, 6.07) is 0. The number of ketones is 3. The van der Waals surface area contributed by atoms with Crippen LogP contribution in [0.2, 0.25) is 0 Å². The summed E-state index contributed by atoms with van der Waals surface area (Å²) in [5, 5.41) is 0. The minimum absolute atomic E-state index is 0.0238. The Morgan fingerprint density at radius 3 is 2.35 bits per heavy atom. The van der Waals surface area contributed by atoms with Crippen LogP contribution in [0.5, 0.6) is 0 Å². The molecule has 3 fully saturated rings. The van der Waals surface area contributed by atoms with Crippen molar-refractivity contribution in [1.29, 1.82) is 0 Å². The highest BCUT2D eigenvalue weighted by molar-refractivity contribution is 6.05. The van der Waals surface area contributed by atoms with Gasteiger partial charge in [0, 0.05) is 25.2 Å². The van der Waals surface area contributed by atoms with Crippen molar-refractivity contribution in [2.45, 2.75) is 44.9 Å². The maximum atomic E-state index is 12.1. The molecule has 3 rings (SSSR count). The predicted octanol–water partition coefficient (Wildman–Crippen LogP) is 1.93. The molecule has 3 aliphatic rings. The SMILES string of the molecule is O=C1CCCC2C1C(=O)CC1CCCC(=O)C12. The van der Waals surface area contributed by atoms with Gasteiger partial charge in [-0.15, -0.1) is 0 Å². The van der Waals surface area contributed by atoms with Gasteiger partial charge in [-0.25, -0.2) is 0 Å². The smallest absolute Gasteiger partial charge is 0.143 e. The topological polar surface area (TPSA) is 51.2 Å². The van der Waals surface area contributed by atoms with Crippen molar-refractivity contribution in [3.8, 4) is 0 Å². The van der Waals surface area contributed by atoms with Crippen LogP contribution in [0.4, 0.5) is 0 Å². The molecule has 3 saturated carbocycles. The zero-order valence-corrected chi connectivity index (χ0v) is 9.98. The Balaban J connectivity index is 1.94. The van der Waals surface area contributed by atoms with Crippen LogP contribution >= 0.6 is 0 Å². The van der Waals surface area contributed by atoms with E-state index in [-0.39, 0.29) is 29.3 Å². The fraction of sp³-hybridized carbons (Fsp3) is 0.786. The summed E-state index contributed by atoms with van der Waals surface area (Å²) in [6.07, 6.45) is 5.37. The van der Waals surface area contributed by atoms with E-state index in [1.165, 1.54) is 0 Å². The highest BCUT2D eigenvalue weighted by Gasteiger charge is 2.51. The third-order valence-corrected chi connectivity index (χ3v) is 4.88. The zero-order chi connectivity index (χ0) is 12.0. The van der Waals surface area contributed by atoms with E-state index in [0.29, 0.717) is 25.0 Å². The van der Waals surface area contributed by atoms with Crippen molar-refractivity contribution in [1.82, 2.24) is 0 Å². The predicted molar refractivity (Wildman–Crippen MR) is 61.3 cm³/mol. The monoisotopic (exact) mass is 234 g/mol. The zero-order valence-electron chi connectivity index (χ0n) is 9.98. The Morgan fingerprint density at radius 1 is 0.824 bits per heavy atom. The maximum Gasteiger partial charge on any atom is 0.143 e. The molecule has 0 N–H and O–H groups in total. The van der Waals surface area contributed by atoms with Gasteiger partial charge in [-0.3, -0.25) is 14.4 Å². The fourth-order valence-corrected chi connectivity index (χ4v) is 4.23. The van der Waals surface area contributed by atoms with Gasteiger partial charge in [0.1, 0.15) is 17.3 Å². The first-order valence-corrected chi connectivity index (χ1v) is 6.76.